The second kappa shape index (κ2) is 7.26. The minimum Gasteiger partial charge on any atom is -0.493 e. The summed E-state index contributed by atoms with van der Waals surface area (Å²) in [4.78, 5) is 21.4. The molecule has 7 nitrogen and oxygen atoms in total. The number of methoxy groups -OCH3 is 3. The number of amides is 1. The van der Waals surface area contributed by atoms with Crippen LogP contribution in [0.2, 0.25) is 0 Å². The van der Waals surface area contributed by atoms with Crippen LogP contribution >= 0.6 is 0 Å². The number of benzene rings is 1. The molecule has 0 aliphatic heterocycles. The van der Waals surface area contributed by atoms with E-state index in [4.69, 9.17) is 14.2 Å². The Bertz CT molecular complexity index is 947. The molecule has 0 fully saturated rings. The maximum absolute atomic E-state index is 12.6. The van der Waals surface area contributed by atoms with Crippen LogP contribution in [-0.4, -0.2) is 37.2 Å². The molecule has 0 bridgehead atoms. The van der Waals surface area contributed by atoms with Crippen LogP contribution in [0.4, 0.5) is 5.82 Å². The molecule has 0 radical (unpaired) electrons. The first-order valence-corrected chi connectivity index (χ1v) is 7.91. The summed E-state index contributed by atoms with van der Waals surface area (Å²) in [5.74, 6) is 1.30. The molecule has 0 aliphatic rings. The van der Waals surface area contributed by atoms with Crippen molar-refractivity contribution in [2.75, 3.05) is 26.6 Å². The first kappa shape index (κ1) is 17.5. The van der Waals surface area contributed by atoms with E-state index in [-0.39, 0.29) is 5.91 Å². The summed E-state index contributed by atoms with van der Waals surface area (Å²) in [6.07, 6.45) is 0. The van der Waals surface area contributed by atoms with Gasteiger partial charge in [0, 0.05) is 16.6 Å². The molecule has 0 atom stereocenters. The fourth-order valence-electron chi connectivity index (χ4n) is 2.56. The van der Waals surface area contributed by atoms with Gasteiger partial charge in [0.25, 0.3) is 5.91 Å². The molecule has 0 aliphatic carbocycles. The van der Waals surface area contributed by atoms with E-state index in [0.29, 0.717) is 34.3 Å². The van der Waals surface area contributed by atoms with Crippen molar-refractivity contribution in [1.29, 1.82) is 0 Å². The quantitative estimate of drug-likeness (QED) is 0.758. The van der Waals surface area contributed by atoms with Gasteiger partial charge >= 0.3 is 0 Å². The van der Waals surface area contributed by atoms with Crippen molar-refractivity contribution >= 4 is 22.8 Å². The van der Waals surface area contributed by atoms with Crippen molar-refractivity contribution in [2.45, 2.75) is 6.92 Å². The lowest BCUT2D eigenvalue weighted by Gasteiger charge is -2.14. The van der Waals surface area contributed by atoms with Gasteiger partial charge in [-0.1, -0.05) is 0 Å². The zero-order valence-electron chi connectivity index (χ0n) is 15.0. The normalized spacial score (nSPS) is 10.5. The molecule has 134 valence electrons. The summed E-state index contributed by atoms with van der Waals surface area (Å²) in [6.45, 7) is 1.89. The van der Waals surface area contributed by atoms with Crippen LogP contribution in [-0.2, 0) is 0 Å². The summed E-state index contributed by atoms with van der Waals surface area (Å²) in [5, 5.41) is 3.67. The van der Waals surface area contributed by atoms with E-state index < -0.39 is 0 Å². The average Bonchev–Trinajstić information content (AvgIpc) is 2.66. The number of hydrogen-bond donors (Lipinski definition) is 1. The molecular formula is C19H19N3O4. The number of fused-ring (bicyclic) bond motifs is 1. The van der Waals surface area contributed by atoms with Gasteiger partial charge in [0.2, 0.25) is 5.75 Å². The molecule has 1 amide bonds. The maximum atomic E-state index is 12.6. The first-order chi connectivity index (χ1) is 12.5. The van der Waals surface area contributed by atoms with E-state index in [2.05, 4.69) is 15.3 Å². The van der Waals surface area contributed by atoms with Gasteiger partial charge in [-0.25, -0.2) is 9.97 Å². The molecule has 0 unspecified atom stereocenters. The highest BCUT2D eigenvalue weighted by Gasteiger charge is 2.17. The lowest BCUT2D eigenvalue weighted by Crippen LogP contribution is -2.13. The molecule has 1 aromatic carbocycles. The van der Waals surface area contributed by atoms with E-state index in [0.717, 1.165) is 11.1 Å². The highest BCUT2D eigenvalue weighted by molar-refractivity contribution is 6.05. The number of nitrogens with one attached hydrogen (secondary N) is 1. The smallest absolute Gasteiger partial charge is 0.257 e. The number of rotatable bonds is 5. The fourth-order valence-corrected chi connectivity index (χ4v) is 2.56. The Morgan fingerprint density at radius 2 is 1.58 bits per heavy atom. The van der Waals surface area contributed by atoms with Crippen LogP contribution in [0.25, 0.3) is 11.0 Å². The second-order valence-corrected chi connectivity index (χ2v) is 5.56. The molecule has 26 heavy (non-hydrogen) atoms. The van der Waals surface area contributed by atoms with Gasteiger partial charge in [-0.3, -0.25) is 4.79 Å². The number of aromatic nitrogens is 2. The summed E-state index contributed by atoms with van der Waals surface area (Å²) < 4.78 is 15.8. The molecule has 2 aromatic heterocycles. The van der Waals surface area contributed by atoms with Gasteiger partial charge in [-0.05, 0) is 43.3 Å². The minimum absolute atomic E-state index is 0.344. The van der Waals surface area contributed by atoms with E-state index in [1.54, 1.807) is 18.2 Å². The number of hydrogen-bond acceptors (Lipinski definition) is 6. The van der Waals surface area contributed by atoms with E-state index >= 15 is 0 Å². The topological polar surface area (TPSA) is 82.6 Å². The molecule has 0 spiro atoms. The Morgan fingerprint density at radius 3 is 2.19 bits per heavy atom. The van der Waals surface area contributed by atoms with Gasteiger partial charge in [-0.15, -0.1) is 0 Å². The number of pyridine rings is 2. The van der Waals surface area contributed by atoms with Crippen LogP contribution < -0.4 is 19.5 Å². The number of ether oxygens (including phenoxy) is 3. The van der Waals surface area contributed by atoms with E-state index in [9.17, 15) is 4.79 Å². The van der Waals surface area contributed by atoms with Crippen molar-refractivity contribution < 1.29 is 19.0 Å². The fraction of sp³-hybridized carbons (Fsp3) is 0.211. The standard InChI is InChI=1S/C19H19N3O4/c1-11-5-6-12-7-8-16(21-18(12)20-11)22-19(23)13-9-14(24-2)17(26-4)15(10-13)25-3/h5-10H,1-4H3,(H,20,21,22,23). The predicted molar refractivity (Wildman–Crippen MR) is 98.3 cm³/mol. The van der Waals surface area contributed by atoms with Crippen molar-refractivity contribution in [2.24, 2.45) is 0 Å². The minimum atomic E-state index is -0.344. The zero-order chi connectivity index (χ0) is 18.7. The van der Waals surface area contributed by atoms with Gasteiger partial charge in [0.1, 0.15) is 5.82 Å². The molecule has 3 rings (SSSR count). The predicted octanol–water partition coefficient (Wildman–Crippen LogP) is 3.22. The number of carbonyl (C=O) groups excluding carboxylic acids is 1. The van der Waals surface area contributed by atoms with Crippen LogP contribution in [0.5, 0.6) is 17.2 Å². The Balaban J connectivity index is 1.92. The Kier molecular flexibility index (Phi) is 4.88. The summed E-state index contributed by atoms with van der Waals surface area (Å²) in [7, 11) is 4.50. The number of anilines is 1. The van der Waals surface area contributed by atoms with Gasteiger partial charge in [0.05, 0.1) is 21.3 Å². The monoisotopic (exact) mass is 353 g/mol. The highest BCUT2D eigenvalue weighted by Crippen LogP contribution is 2.38. The largest absolute Gasteiger partial charge is 0.493 e. The lowest BCUT2D eigenvalue weighted by atomic mass is 10.1. The first-order valence-electron chi connectivity index (χ1n) is 7.91. The molecular weight excluding hydrogens is 334 g/mol. The van der Waals surface area contributed by atoms with Gasteiger partial charge in [0.15, 0.2) is 17.1 Å². The van der Waals surface area contributed by atoms with Crippen molar-refractivity contribution in [3.05, 3.63) is 47.7 Å². The van der Waals surface area contributed by atoms with Crippen LogP contribution in [0, 0.1) is 6.92 Å². The molecule has 3 aromatic rings. The maximum Gasteiger partial charge on any atom is 0.257 e. The van der Waals surface area contributed by atoms with Crippen LogP contribution in [0.15, 0.2) is 36.4 Å². The molecule has 0 saturated carbocycles. The Hall–Kier alpha value is -3.35. The van der Waals surface area contributed by atoms with Crippen LogP contribution in [0.1, 0.15) is 16.1 Å². The van der Waals surface area contributed by atoms with Crippen molar-refractivity contribution in [3.63, 3.8) is 0 Å². The van der Waals surface area contributed by atoms with Gasteiger partial charge in [-0.2, -0.15) is 0 Å². The molecule has 0 saturated heterocycles. The number of carbonyl (C=O) groups is 1. The summed E-state index contributed by atoms with van der Waals surface area (Å²) >= 11 is 0. The van der Waals surface area contributed by atoms with Crippen molar-refractivity contribution in [3.8, 4) is 17.2 Å². The SMILES string of the molecule is COc1cc(C(=O)Nc2ccc3ccc(C)nc3n2)cc(OC)c1OC. The zero-order valence-corrected chi connectivity index (χ0v) is 15.0. The Labute approximate surface area is 150 Å². The molecule has 7 heteroatoms. The van der Waals surface area contributed by atoms with Crippen LogP contribution in [0.3, 0.4) is 0 Å². The third-order valence-corrected chi connectivity index (χ3v) is 3.86. The third-order valence-electron chi connectivity index (χ3n) is 3.86. The van der Waals surface area contributed by atoms with E-state index in [1.165, 1.54) is 21.3 Å². The van der Waals surface area contributed by atoms with Crippen molar-refractivity contribution in [1.82, 2.24) is 9.97 Å². The number of nitrogens with zero attached hydrogens (tertiary/aromatic N) is 2. The number of aryl methyl sites for hydroxylation is 1. The summed E-state index contributed by atoms with van der Waals surface area (Å²) in [5.41, 5.74) is 1.80. The molecule has 1 N–H and O–H groups in total. The third kappa shape index (κ3) is 3.37. The average molecular weight is 353 g/mol. The van der Waals surface area contributed by atoms with Gasteiger partial charge < -0.3 is 19.5 Å². The highest BCUT2D eigenvalue weighted by atomic mass is 16.5. The summed E-state index contributed by atoms with van der Waals surface area (Å²) in [6, 6.07) is 10.6. The van der Waals surface area contributed by atoms with E-state index in [1.807, 2.05) is 25.1 Å². The lowest BCUT2D eigenvalue weighted by molar-refractivity contribution is 0.102. The Morgan fingerprint density at radius 1 is 0.923 bits per heavy atom. The molecule has 2 heterocycles. The second-order valence-electron chi connectivity index (χ2n) is 5.56.